The van der Waals surface area contributed by atoms with Gasteiger partial charge in [-0.15, -0.1) is 12.8 Å². The minimum Gasteiger partial charge on any atom is -0.502 e. The van der Waals surface area contributed by atoms with Gasteiger partial charge in [0.15, 0.2) is 6.29 Å². The molecule has 20 heavy (non-hydrogen) atoms. The molecule has 0 aromatic rings. The number of terminal acetylenes is 2. The highest BCUT2D eigenvalue weighted by Crippen LogP contribution is 2.12. The van der Waals surface area contributed by atoms with Crippen molar-refractivity contribution in [1.82, 2.24) is 0 Å². The van der Waals surface area contributed by atoms with E-state index in [2.05, 4.69) is 12.3 Å². The van der Waals surface area contributed by atoms with Crippen molar-refractivity contribution in [3.8, 4) is 24.7 Å². The molecule has 0 bridgehead atoms. The van der Waals surface area contributed by atoms with Gasteiger partial charge in [-0.05, 0) is 38.2 Å². The molecule has 0 aromatic carbocycles. The molecule has 0 radical (unpaired) electrons. The predicted octanol–water partition coefficient (Wildman–Crippen LogP) is 2.09. The van der Waals surface area contributed by atoms with E-state index in [0.717, 1.165) is 26.1 Å². The molecule has 0 amide bonds. The molecule has 4 heteroatoms. The highest BCUT2D eigenvalue weighted by atomic mass is 16.7. The first-order valence-electron chi connectivity index (χ1n) is 6.82. The lowest BCUT2D eigenvalue weighted by atomic mass is 10.2. The van der Waals surface area contributed by atoms with Crippen molar-refractivity contribution in [2.24, 2.45) is 0 Å². The molecule has 0 aromatic heterocycles. The summed E-state index contributed by atoms with van der Waals surface area (Å²) < 4.78 is 15.3. The number of rotatable bonds is 2. The standard InChI is InChI=1S/C8H12O2.C5H8O.C3H4O/c1-2-6-9-8-5-3-4-7-10-8;1-2-4-6-5-3-1;1-2-3-4/h1,8H,3-7H2;2,4H,1,3,5H2;1,4H,3H2. The van der Waals surface area contributed by atoms with Crippen LogP contribution in [0.25, 0.3) is 0 Å². The second-order valence-electron chi connectivity index (χ2n) is 4.06. The zero-order chi connectivity index (χ0) is 14.9. The van der Waals surface area contributed by atoms with Gasteiger partial charge in [0.25, 0.3) is 0 Å². The molecule has 2 rings (SSSR count). The Morgan fingerprint density at radius 3 is 2.35 bits per heavy atom. The molecule has 1 saturated heterocycles. The van der Waals surface area contributed by atoms with Gasteiger partial charge in [-0.25, -0.2) is 0 Å². The smallest absolute Gasteiger partial charge is 0.158 e. The van der Waals surface area contributed by atoms with Crippen LogP contribution in [0.15, 0.2) is 12.3 Å². The molecule has 1 atom stereocenters. The van der Waals surface area contributed by atoms with E-state index in [1.54, 1.807) is 6.26 Å². The molecule has 1 unspecified atom stereocenters. The van der Waals surface area contributed by atoms with E-state index in [9.17, 15) is 0 Å². The van der Waals surface area contributed by atoms with Crippen molar-refractivity contribution in [3.63, 3.8) is 0 Å². The summed E-state index contributed by atoms with van der Waals surface area (Å²) in [5.41, 5.74) is 0. The first kappa shape index (κ1) is 18.5. The van der Waals surface area contributed by atoms with Crippen LogP contribution in [0.2, 0.25) is 0 Å². The Balaban J connectivity index is 0.000000307. The summed E-state index contributed by atoms with van der Waals surface area (Å²) in [7, 11) is 0. The van der Waals surface area contributed by atoms with Crippen molar-refractivity contribution in [2.45, 2.75) is 38.4 Å². The number of hydrogen-bond donors (Lipinski definition) is 1. The van der Waals surface area contributed by atoms with Crippen molar-refractivity contribution in [1.29, 1.82) is 0 Å². The average Bonchev–Trinajstić information content (AvgIpc) is 2.56. The number of aliphatic hydroxyl groups is 1. The Morgan fingerprint density at radius 2 is 2.00 bits per heavy atom. The van der Waals surface area contributed by atoms with Gasteiger partial charge in [0.2, 0.25) is 0 Å². The van der Waals surface area contributed by atoms with Gasteiger partial charge in [-0.1, -0.05) is 11.8 Å². The highest BCUT2D eigenvalue weighted by Gasteiger charge is 2.12. The Labute approximate surface area is 122 Å². The molecule has 112 valence electrons. The second kappa shape index (κ2) is 15.6. The lowest BCUT2D eigenvalue weighted by Crippen LogP contribution is -2.22. The zero-order valence-electron chi connectivity index (χ0n) is 11.9. The molecule has 2 aliphatic rings. The predicted molar refractivity (Wildman–Crippen MR) is 78.6 cm³/mol. The van der Waals surface area contributed by atoms with Gasteiger partial charge >= 0.3 is 0 Å². The fraction of sp³-hybridized carbons (Fsp3) is 0.625. The summed E-state index contributed by atoms with van der Waals surface area (Å²) in [6, 6.07) is 0. The molecule has 1 fully saturated rings. The van der Waals surface area contributed by atoms with Gasteiger partial charge < -0.3 is 19.3 Å². The third-order valence-corrected chi connectivity index (χ3v) is 2.41. The number of aliphatic hydroxyl groups excluding tert-OH is 1. The minimum atomic E-state index is -0.153. The first-order chi connectivity index (χ1) is 9.85. The van der Waals surface area contributed by atoms with Crippen molar-refractivity contribution >= 4 is 0 Å². The molecule has 2 heterocycles. The maximum atomic E-state index is 7.64. The Kier molecular flexibility index (Phi) is 14.5. The van der Waals surface area contributed by atoms with E-state index in [4.69, 9.17) is 25.7 Å². The molecule has 0 spiro atoms. The lowest BCUT2D eigenvalue weighted by molar-refractivity contribution is -0.154. The Bertz CT molecular complexity index is 297. The molecular weight excluding hydrogens is 256 g/mol. The zero-order valence-corrected chi connectivity index (χ0v) is 11.9. The van der Waals surface area contributed by atoms with Crippen molar-refractivity contribution in [3.05, 3.63) is 12.3 Å². The van der Waals surface area contributed by atoms with Crippen LogP contribution in [0.5, 0.6) is 0 Å². The first-order valence-corrected chi connectivity index (χ1v) is 6.82. The monoisotopic (exact) mass is 280 g/mol. The summed E-state index contributed by atoms with van der Waals surface area (Å²) >= 11 is 0. The summed E-state index contributed by atoms with van der Waals surface area (Å²) in [6.45, 7) is 1.94. The van der Waals surface area contributed by atoms with Crippen LogP contribution >= 0.6 is 0 Å². The molecule has 0 saturated carbocycles. The molecule has 1 N–H and O–H groups in total. The van der Waals surface area contributed by atoms with E-state index in [0.29, 0.717) is 6.61 Å². The van der Waals surface area contributed by atoms with Gasteiger partial charge in [0.05, 0.1) is 12.9 Å². The van der Waals surface area contributed by atoms with Gasteiger partial charge in [-0.2, -0.15) is 0 Å². The van der Waals surface area contributed by atoms with Crippen LogP contribution in [0.4, 0.5) is 0 Å². The molecular formula is C16H24O4. The largest absolute Gasteiger partial charge is 0.502 e. The lowest BCUT2D eigenvalue weighted by Gasteiger charge is -2.21. The Hall–Kier alpha value is -1.46. The summed E-state index contributed by atoms with van der Waals surface area (Å²) in [5.74, 6) is 4.40. The fourth-order valence-corrected chi connectivity index (χ4v) is 1.47. The minimum absolute atomic E-state index is 0.0372. The van der Waals surface area contributed by atoms with E-state index in [1.165, 1.54) is 19.3 Å². The van der Waals surface area contributed by atoms with Crippen LogP contribution in [-0.4, -0.2) is 37.8 Å². The highest BCUT2D eigenvalue weighted by molar-refractivity contribution is 4.83. The third-order valence-electron chi connectivity index (χ3n) is 2.41. The number of hydrogen-bond acceptors (Lipinski definition) is 4. The molecule has 4 nitrogen and oxygen atoms in total. The topological polar surface area (TPSA) is 47.9 Å². The van der Waals surface area contributed by atoms with Crippen LogP contribution in [0.1, 0.15) is 32.1 Å². The van der Waals surface area contributed by atoms with Gasteiger partial charge in [-0.3, -0.25) is 0 Å². The van der Waals surface area contributed by atoms with E-state index in [1.807, 2.05) is 12.0 Å². The fourth-order valence-electron chi connectivity index (χ4n) is 1.47. The van der Waals surface area contributed by atoms with E-state index >= 15 is 0 Å². The van der Waals surface area contributed by atoms with Crippen molar-refractivity contribution in [2.75, 3.05) is 26.4 Å². The average molecular weight is 280 g/mol. The van der Waals surface area contributed by atoms with Gasteiger partial charge in [0.1, 0.15) is 13.2 Å². The van der Waals surface area contributed by atoms with Crippen LogP contribution in [0, 0.1) is 24.7 Å². The van der Waals surface area contributed by atoms with Crippen molar-refractivity contribution < 1.29 is 19.3 Å². The molecule has 0 aliphatic carbocycles. The summed E-state index contributed by atoms with van der Waals surface area (Å²) in [5, 5.41) is 7.64. The summed E-state index contributed by atoms with van der Waals surface area (Å²) in [6.07, 6.45) is 19.0. The third kappa shape index (κ3) is 13.0. The maximum absolute atomic E-state index is 7.64. The SMILES string of the molecule is C#CCO.C#CCOC1CCCCO1.C1=COCCC1. The van der Waals surface area contributed by atoms with Crippen LogP contribution < -0.4 is 0 Å². The Morgan fingerprint density at radius 1 is 1.20 bits per heavy atom. The van der Waals surface area contributed by atoms with Gasteiger partial charge in [0, 0.05) is 6.61 Å². The van der Waals surface area contributed by atoms with Crippen LogP contribution in [-0.2, 0) is 14.2 Å². The van der Waals surface area contributed by atoms with Crippen LogP contribution in [0.3, 0.4) is 0 Å². The summed E-state index contributed by atoms with van der Waals surface area (Å²) in [4.78, 5) is 0. The van der Waals surface area contributed by atoms with E-state index in [-0.39, 0.29) is 12.9 Å². The molecule has 2 aliphatic heterocycles. The van der Waals surface area contributed by atoms with E-state index < -0.39 is 0 Å². The maximum Gasteiger partial charge on any atom is 0.158 e. The number of allylic oxidation sites excluding steroid dienone is 1. The quantitative estimate of drug-likeness (QED) is 0.787. The normalized spacial score (nSPS) is 19.9. The second-order valence-corrected chi connectivity index (χ2v) is 4.06. The number of ether oxygens (including phenoxy) is 3.